The van der Waals surface area contributed by atoms with Crippen molar-refractivity contribution in [1.82, 2.24) is 14.4 Å². The molecule has 1 N–H and O–H groups in total. The van der Waals surface area contributed by atoms with E-state index in [-0.39, 0.29) is 18.0 Å². The molecule has 0 spiro atoms. The molecular weight excluding hydrogens is 426 g/mol. The summed E-state index contributed by atoms with van der Waals surface area (Å²) in [7, 11) is 4.04. The molecule has 1 aliphatic carbocycles. The number of rotatable bonds is 5. The van der Waals surface area contributed by atoms with Crippen LogP contribution in [-0.2, 0) is 17.9 Å². The van der Waals surface area contributed by atoms with Crippen LogP contribution in [0.25, 0.3) is 22.2 Å². The van der Waals surface area contributed by atoms with Gasteiger partial charge in [0, 0.05) is 30.6 Å². The van der Waals surface area contributed by atoms with E-state index in [1.807, 2.05) is 31.1 Å². The summed E-state index contributed by atoms with van der Waals surface area (Å²) in [5.41, 5.74) is 5.84. The zero-order chi connectivity index (χ0) is 23.8. The molecule has 0 saturated heterocycles. The summed E-state index contributed by atoms with van der Waals surface area (Å²) in [4.78, 5) is 29.4. The third-order valence-corrected chi connectivity index (χ3v) is 7.46. The summed E-state index contributed by atoms with van der Waals surface area (Å²) in [6, 6.07) is 13.9. The minimum atomic E-state index is -0.943. The Bertz CT molecular complexity index is 1240. The minimum Gasteiger partial charge on any atom is -0.478 e. The number of carbonyl (C=O) groups is 2. The Kier molecular flexibility index (Phi) is 6.17. The molecule has 0 unspecified atom stereocenters. The lowest BCUT2D eigenvalue weighted by molar-refractivity contribution is -0.132. The fourth-order valence-corrected chi connectivity index (χ4v) is 5.71. The van der Waals surface area contributed by atoms with Crippen molar-refractivity contribution in [2.24, 2.45) is 0 Å². The molecule has 1 saturated carbocycles. The van der Waals surface area contributed by atoms with Crippen LogP contribution in [0.4, 0.5) is 0 Å². The van der Waals surface area contributed by atoms with Gasteiger partial charge in [-0.1, -0.05) is 49.6 Å². The first-order valence-electron chi connectivity index (χ1n) is 12.3. The van der Waals surface area contributed by atoms with Crippen molar-refractivity contribution in [2.75, 3.05) is 27.2 Å². The molecule has 2 aromatic carbocycles. The van der Waals surface area contributed by atoms with Gasteiger partial charge in [-0.25, -0.2) is 4.79 Å². The molecule has 1 aliphatic heterocycles. The van der Waals surface area contributed by atoms with Gasteiger partial charge in [-0.15, -0.1) is 0 Å². The van der Waals surface area contributed by atoms with Gasteiger partial charge in [0.05, 0.1) is 16.8 Å². The van der Waals surface area contributed by atoms with E-state index in [0.29, 0.717) is 19.0 Å². The van der Waals surface area contributed by atoms with Gasteiger partial charge < -0.3 is 19.5 Å². The van der Waals surface area contributed by atoms with Crippen LogP contribution >= 0.6 is 0 Å². The van der Waals surface area contributed by atoms with Crippen molar-refractivity contribution in [3.63, 3.8) is 0 Å². The number of aromatic carboxylic acids is 1. The van der Waals surface area contributed by atoms with Gasteiger partial charge in [-0.3, -0.25) is 4.79 Å². The maximum Gasteiger partial charge on any atom is 0.335 e. The Morgan fingerprint density at radius 3 is 2.56 bits per heavy atom. The number of amides is 1. The van der Waals surface area contributed by atoms with E-state index in [0.717, 1.165) is 41.5 Å². The number of hydrogen-bond donors (Lipinski definition) is 1. The molecule has 34 heavy (non-hydrogen) atoms. The second-order valence-electron chi connectivity index (χ2n) is 10.00. The largest absolute Gasteiger partial charge is 0.478 e. The minimum absolute atomic E-state index is 0.0745. The molecule has 178 valence electrons. The number of carboxylic acids is 1. The predicted octanol–water partition coefficient (Wildman–Crippen LogP) is 4.96. The van der Waals surface area contributed by atoms with E-state index < -0.39 is 5.97 Å². The lowest BCUT2D eigenvalue weighted by Crippen LogP contribution is -2.39. The van der Waals surface area contributed by atoms with Crippen molar-refractivity contribution < 1.29 is 14.7 Å². The Morgan fingerprint density at radius 1 is 1.06 bits per heavy atom. The number of carboxylic acid groups (broad SMARTS) is 1. The number of aromatic nitrogens is 1. The first-order valence-corrected chi connectivity index (χ1v) is 12.3. The van der Waals surface area contributed by atoms with Crippen molar-refractivity contribution in [3.8, 4) is 11.3 Å². The average Bonchev–Trinajstić information content (AvgIpc) is 3.14. The molecule has 2 aliphatic rings. The third kappa shape index (κ3) is 4.11. The molecule has 0 radical (unpaired) electrons. The lowest BCUT2D eigenvalue weighted by Gasteiger charge is -2.30. The normalized spacial score (nSPS) is 16.9. The van der Waals surface area contributed by atoms with Crippen LogP contribution in [-0.4, -0.2) is 58.5 Å². The van der Waals surface area contributed by atoms with E-state index in [1.165, 1.54) is 30.4 Å². The average molecular weight is 460 g/mol. The first kappa shape index (κ1) is 22.7. The fourth-order valence-electron chi connectivity index (χ4n) is 5.71. The number of hydrogen-bond acceptors (Lipinski definition) is 3. The summed E-state index contributed by atoms with van der Waals surface area (Å²) in [6.07, 6.45) is 5.96. The Labute approximate surface area is 200 Å². The second kappa shape index (κ2) is 9.26. The summed E-state index contributed by atoms with van der Waals surface area (Å²) >= 11 is 0. The topological polar surface area (TPSA) is 65.8 Å². The molecule has 2 heterocycles. The van der Waals surface area contributed by atoms with E-state index in [9.17, 15) is 14.7 Å². The summed E-state index contributed by atoms with van der Waals surface area (Å²) in [5, 5.41) is 10.8. The molecule has 5 rings (SSSR count). The van der Waals surface area contributed by atoms with Crippen molar-refractivity contribution in [3.05, 3.63) is 59.2 Å². The highest BCUT2D eigenvalue weighted by Crippen LogP contribution is 2.45. The highest BCUT2D eigenvalue weighted by Gasteiger charge is 2.31. The van der Waals surface area contributed by atoms with Gasteiger partial charge in [0.2, 0.25) is 5.91 Å². The molecule has 1 fully saturated rings. The molecule has 6 nitrogen and oxygen atoms in total. The third-order valence-electron chi connectivity index (χ3n) is 7.46. The SMILES string of the molecule is CN(C)CCN1Cc2ccccc2-c2c(C3CCCCC3)c3ccc(C(=O)O)cc3n2CC1=O. The van der Waals surface area contributed by atoms with Gasteiger partial charge in [0.25, 0.3) is 0 Å². The van der Waals surface area contributed by atoms with Gasteiger partial charge in [-0.2, -0.15) is 0 Å². The van der Waals surface area contributed by atoms with Crippen molar-refractivity contribution >= 4 is 22.8 Å². The Morgan fingerprint density at radius 2 is 1.82 bits per heavy atom. The molecule has 1 amide bonds. The fraction of sp³-hybridized carbons (Fsp3) is 0.429. The van der Waals surface area contributed by atoms with E-state index in [1.54, 1.807) is 12.1 Å². The van der Waals surface area contributed by atoms with Crippen molar-refractivity contribution in [2.45, 2.75) is 51.1 Å². The monoisotopic (exact) mass is 459 g/mol. The van der Waals surface area contributed by atoms with E-state index >= 15 is 0 Å². The zero-order valence-electron chi connectivity index (χ0n) is 20.1. The molecule has 0 atom stereocenters. The van der Waals surface area contributed by atoms with E-state index in [4.69, 9.17) is 0 Å². The molecule has 6 heteroatoms. The molecule has 3 aromatic rings. The number of nitrogens with zero attached hydrogens (tertiary/aromatic N) is 3. The van der Waals surface area contributed by atoms with Crippen LogP contribution in [0.1, 0.15) is 59.5 Å². The number of benzene rings is 2. The smallest absolute Gasteiger partial charge is 0.335 e. The summed E-state index contributed by atoms with van der Waals surface area (Å²) < 4.78 is 2.11. The maximum absolute atomic E-state index is 13.6. The van der Waals surface area contributed by atoms with E-state index in [2.05, 4.69) is 27.7 Å². The summed E-state index contributed by atoms with van der Waals surface area (Å²) in [6.45, 7) is 2.27. The zero-order valence-corrected chi connectivity index (χ0v) is 20.1. The predicted molar refractivity (Wildman–Crippen MR) is 134 cm³/mol. The van der Waals surface area contributed by atoms with Crippen LogP contribution in [0.5, 0.6) is 0 Å². The molecule has 1 aromatic heterocycles. The standard InChI is InChI=1S/C28H33N3O3/c1-29(2)14-15-30-17-21-10-6-7-11-22(21)27-26(19-8-4-3-5-9-19)23-13-12-20(28(33)34)16-24(23)31(27)18-25(30)32/h6-7,10-13,16,19H,3-5,8-9,14-15,17-18H2,1-2H3,(H,33,34). The van der Waals surface area contributed by atoms with Crippen LogP contribution in [0.3, 0.4) is 0 Å². The lowest BCUT2D eigenvalue weighted by atomic mass is 9.81. The van der Waals surface area contributed by atoms with Gasteiger partial charge >= 0.3 is 5.97 Å². The van der Waals surface area contributed by atoms with Crippen molar-refractivity contribution in [1.29, 1.82) is 0 Å². The molecule has 0 bridgehead atoms. The number of fused-ring (bicyclic) bond motifs is 5. The maximum atomic E-state index is 13.6. The van der Waals surface area contributed by atoms with Crippen LogP contribution in [0, 0.1) is 0 Å². The van der Waals surface area contributed by atoms with Crippen LogP contribution in [0.15, 0.2) is 42.5 Å². The van der Waals surface area contributed by atoms with Gasteiger partial charge in [0.1, 0.15) is 6.54 Å². The highest BCUT2D eigenvalue weighted by molar-refractivity contribution is 5.99. The second-order valence-corrected chi connectivity index (χ2v) is 10.00. The highest BCUT2D eigenvalue weighted by atomic mass is 16.4. The van der Waals surface area contributed by atoms with Gasteiger partial charge in [-0.05, 0) is 56.1 Å². The first-order chi connectivity index (χ1) is 16.4. The van der Waals surface area contributed by atoms with Crippen LogP contribution in [0.2, 0.25) is 0 Å². The Balaban J connectivity index is 1.75. The molecular formula is C28H33N3O3. The summed E-state index contributed by atoms with van der Waals surface area (Å²) in [5.74, 6) is -0.442. The number of carbonyl (C=O) groups excluding carboxylic acids is 1. The van der Waals surface area contributed by atoms with Crippen LogP contribution < -0.4 is 0 Å². The van der Waals surface area contributed by atoms with Gasteiger partial charge in [0.15, 0.2) is 0 Å². The quantitative estimate of drug-likeness (QED) is 0.586. The number of likely N-dealkylation sites (N-methyl/N-ethyl adjacent to an activating group) is 1. The Hall–Kier alpha value is -3.12.